The van der Waals surface area contributed by atoms with Gasteiger partial charge in [-0.15, -0.1) is 0 Å². The summed E-state index contributed by atoms with van der Waals surface area (Å²) >= 11 is 3.23. The second-order valence-electron chi connectivity index (χ2n) is 3.14. The molecule has 0 aliphatic heterocycles. The Bertz CT molecular complexity index is 482. The van der Waals surface area contributed by atoms with E-state index in [0.717, 1.165) is 10.8 Å². The first-order chi connectivity index (χ1) is 8.67. The van der Waals surface area contributed by atoms with E-state index in [0.29, 0.717) is 17.1 Å². The standard InChI is InChI=1S/C7H7NO2.C5H5BrN2/c1-10-7-4-8-3-2-6(7)5-9;6-4-1-2-5(7)8-3-4/h2-5H,1H3;1-3H,(H2,7,8). The van der Waals surface area contributed by atoms with Gasteiger partial charge in [0, 0.05) is 16.9 Å². The number of hydrogen-bond acceptors (Lipinski definition) is 5. The predicted molar refractivity (Wildman–Crippen MR) is 72.5 cm³/mol. The van der Waals surface area contributed by atoms with Crippen molar-refractivity contribution in [1.82, 2.24) is 9.97 Å². The van der Waals surface area contributed by atoms with Gasteiger partial charge in [0.25, 0.3) is 0 Å². The van der Waals surface area contributed by atoms with Gasteiger partial charge in [0.05, 0.1) is 18.9 Å². The Morgan fingerprint density at radius 3 is 2.56 bits per heavy atom. The zero-order valence-corrected chi connectivity index (χ0v) is 11.3. The lowest BCUT2D eigenvalue weighted by Gasteiger charge is -1.98. The molecule has 0 radical (unpaired) electrons. The van der Waals surface area contributed by atoms with Crippen molar-refractivity contribution in [2.75, 3.05) is 12.8 Å². The number of halogens is 1. The van der Waals surface area contributed by atoms with E-state index in [4.69, 9.17) is 10.5 Å². The fraction of sp³-hybridized carbons (Fsp3) is 0.0833. The molecular formula is C12H12BrN3O2. The molecule has 0 saturated heterocycles. The number of rotatable bonds is 2. The normalized spacial score (nSPS) is 9.00. The minimum atomic E-state index is 0.512. The Balaban J connectivity index is 0.000000184. The molecule has 5 nitrogen and oxygen atoms in total. The molecule has 0 aliphatic rings. The lowest BCUT2D eigenvalue weighted by molar-refractivity contribution is 0.112. The molecule has 2 aromatic rings. The van der Waals surface area contributed by atoms with Crippen molar-refractivity contribution in [1.29, 1.82) is 0 Å². The van der Waals surface area contributed by atoms with E-state index in [1.54, 1.807) is 24.5 Å². The van der Waals surface area contributed by atoms with Crippen LogP contribution in [0.25, 0.3) is 0 Å². The van der Waals surface area contributed by atoms with E-state index in [2.05, 4.69) is 25.9 Å². The Labute approximate surface area is 113 Å². The summed E-state index contributed by atoms with van der Waals surface area (Å²) in [6.45, 7) is 0. The summed E-state index contributed by atoms with van der Waals surface area (Å²) in [5, 5.41) is 0. The topological polar surface area (TPSA) is 78.1 Å². The van der Waals surface area contributed by atoms with Gasteiger partial charge < -0.3 is 10.5 Å². The maximum atomic E-state index is 10.3. The zero-order valence-electron chi connectivity index (χ0n) is 9.71. The molecule has 0 spiro atoms. The van der Waals surface area contributed by atoms with Gasteiger partial charge in [-0.1, -0.05) is 0 Å². The molecule has 0 aliphatic carbocycles. The number of methoxy groups -OCH3 is 1. The third-order valence-electron chi connectivity index (χ3n) is 1.91. The summed E-state index contributed by atoms with van der Waals surface area (Å²) in [6, 6.07) is 5.19. The van der Waals surface area contributed by atoms with Crippen LogP contribution in [0.4, 0.5) is 5.82 Å². The molecule has 0 atom stereocenters. The highest BCUT2D eigenvalue weighted by Gasteiger charge is 1.97. The monoisotopic (exact) mass is 309 g/mol. The first-order valence-corrected chi connectivity index (χ1v) is 5.77. The first kappa shape index (κ1) is 14.1. The Morgan fingerprint density at radius 2 is 2.11 bits per heavy atom. The molecule has 2 rings (SSSR count). The second-order valence-corrected chi connectivity index (χ2v) is 4.05. The zero-order chi connectivity index (χ0) is 13.4. The van der Waals surface area contributed by atoms with Gasteiger partial charge in [-0.05, 0) is 34.1 Å². The fourth-order valence-electron chi connectivity index (χ4n) is 1.05. The molecule has 0 bridgehead atoms. The van der Waals surface area contributed by atoms with Crippen molar-refractivity contribution in [3.63, 3.8) is 0 Å². The van der Waals surface area contributed by atoms with Crippen LogP contribution in [0.3, 0.4) is 0 Å². The molecule has 0 amide bonds. The van der Waals surface area contributed by atoms with Crippen LogP contribution in [0, 0.1) is 0 Å². The van der Waals surface area contributed by atoms with Crippen LogP contribution in [0.1, 0.15) is 10.4 Å². The van der Waals surface area contributed by atoms with Crippen LogP contribution in [0.15, 0.2) is 41.3 Å². The van der Waals surface area contributed by atoms with Crippen LogP contribution in [0.5, 0.6) is 5.75 Å². The first-order valence-electron chi connectivity index (χ1n) is 4.97. The third kappa shape index (κ3) is 4.50. The fourth-order valence-corrected chi connectivity index (χ4v) is 1.28. The van der Waals surface area contributed by atoms with E-state index in [9.17, 15) is 4.79 Å². The summed E-state index contributed by atoms with van der Waals surface area (Å²) in [7, 11) is 1.50. The molecule has 0 aromatic carbocycles. The van der Waals surface area contributed by atoms with Gasteiger partial charge in [0.1, 0.15) is 11.6 Å². The molecule has 2 aromatic heterocycles. The number of carbonyl (C=O) groups is 1. The van der Waals surface area contributed by atoms with Crippen LogP contribution < -0.4 is 10.5 Å². The molecule has 0 saturated carbocycles. The Morgan fingerprint density at radius 1 is 1.33 bits per heavy atom. The molecule has 94 valence electrons. The number of pyridine rings is 2. The minimum Gasteiger partial charge on any atom is -0.494 e. The van der Waals surface area contributed by atoms with Gasteiger partial charge >= 0.3 is 0 Å². The summed E-state index contributed by atoms with van der Waals surface area (Å²) in [6.07, 6.45) is 5.45. The number of nitrogens with two attached hydrogens (primary N) is 1. The highest BCUT2D eigenvalue weighted by molar-refractivity contribution is 9.10. The van der Waals surface area contributed by atoms with Gasteiger partial charge in [-0.25, -0.2) is 4.98 Å². The van der Waals surface area contributed by atoms with Crippen molar-refractivity contribution in [2.24, 2.45) is 0 Å². The number of hydrogen-bond donors (Lipinski definition) is 1. The smallest absolute Gasteiger partial charge is 0.153 e. The van der Waals surface area contributed by atoms with Gasteiger partial charge in [0.15, 0.2) is 6.29 Å². The lowest BCUT2D eigenvalue weighted by atomic mass is 10.3. The maximum absolute atomic E-state index is 10.3. The molecule has 18 heavy (non-hydrogen) atoms. The maximum Gasteiger partial charge on any atom is 0.153 e. The molecule has 2 N–H and O–H groups in total. The van der Waals surface area contributed by atoms with Gasteiger partial charge in [-0.2, -0.15) is 0 Å². The van der Waals surface area contributed by atoms with Gasteiger partial charge in [0.2, 0.25) is 0 Å². The second kappa shape index (κ2) is 7.39. The number of aldehydes is 1. The molecule has 6 heteroatoms. The minimum absolute atomic E-state index is 0.512. The number of anilines is 1. The van der Waals surface area contributed by atoms with Crippen LogP contribution in [0.2, 0.25) is 0 Å². The van der Waals surface area contributed by atoms with Crippen molar-refractivity contribution in [2.45, 2.75) is 0 Å². The Hall–Kier alpha value is -1.95. The van der Waals surface area contributed by atoms with Crippen molar-refractivity contribution >= 4 is 28.0 Å². The number of nitrogen functional groups attached to an aromatic ring is 1. The highest BCUT2D eigenvalue weighted by Crippen LogP contribution is 2.11. The third-order valence-corrected chi connectivity index (χ3v) is 2.38. The van der Waals surface area contributed by atoms with Crippen LogP contribution in [-0.2, 0) is 0 Å². The van der Waals surface area contributed by atoms with Crippen molar-refractivity contribution < 1.29 is 9.53 Å². The lowest BCUT2D eigenvalue weighted by Crippen LogP contribution is -1.89. The predicted octanol–water partition coefficient (Wildman–Crippen LogP) is 2.33. The van der Waals surface area contributed by atoms with Crippen LogP contribution >= 0.6 is 15.9 Å². The average molecular weight is 310 g/mol. The van der Waals surface area contributed by atoms with E-state index >= 15 is 0 Å². The van der Waals surface area contributed by atoms with E-state index in [1.807, 2.05) is 6.07 Å². The van der Waals surface area contributed by atoms with Crippen molar-refractivity contribution in [3.8, 4) is 5.75 Å². The largest absolute Gasteiger partial charge is 0.494 e. The van der Waals surface area contributed by atoms with E-state index < -0.39 is 0 Å². The SMILES string of the molecule is COc1cnccc1C=O.Nc1ccc(Br)cn1. The number of nitrogens with zero attached hydrogens (tertiary/aromatic N) is 2. The highest BCUT2D eigenvalue weighted by atomic mass is 79.9. The van der Waals surface area contributed by atoms with E-state index in [-0.39, 0.29) is 0 Å². The number of aromatic nitrogens is 2. The van der Waals surface area contributed by atoms with E-state index in [1.165, 1.54) is 13.3 Å². The molecule has 2 heterocycles. The number of carbonyl (C=O) groups excluding carboxylic acids is 1. The molecule has 0 unspecified atom stereocenters. The summed E-state index contributed by atoms with van der Waals surface area (Å²) in [5.41, 5.74) is 5.82. The summed E-state index contributed by atoms with van der Waals surface area (Å²) in [4.78, 5) is 17.9. The average Bonchev–Trinajstić information content (AvgIpc) is 2.42. The summed E-state index contributed by atoms with van der Waals surface area (Å²) in [5.74, 6) is 1.06. The van der Waals surface area contributed by atoms with Gasteiger partial charge in [-0.3, -0.25) is 9.78 Å². The van der Waals surface area contributed by atoms with Crippen molar-refractivity contribution in [3.05, 3.63) is 46.8 Å². The quantitative estimate of drug-likeness (QED) is 0.861. The molecule has 0 fully saturated rings. The Kier molecular flexibility index (Phi) is 5.79. The number of ether oxygens (including phenoxy) is 1. The summed E-state index contributed by atoms with van der Waals surface area (Å²) < 4.78 is 5.79. The van der Waals surface area contributed by atoms with Crippen LogP contribution in [-0.4, -0.2) is 23.4 Å². The molecular weight excluding hydrogens is 298 g/mol.